The van der Waals surface area contributed by atoms with Crippen molar-refractivity contribution in [3.05, 3.63) is 84.0 Å². The zero-order valence-corrected chi connectivity index (χ0v) is 19.8. The minimum Gasteiger partial charge on any atom is -0.491 e. The Kier molecular flexibility index (Phi) is 7.62. The van der Waals surface area contributed by atoms with Gasteiger partial charge in [-0.25, -0.2) is 0 Å². The van der Waals surface area contributed by atoms with E-state index in [4.69, 9.17) is 18.9 Å². The van der Waals surface area contributed by atoms with Crippen molar-refractivity contribution < 1.29 is 45.3 Å². The van der Waals surface area contributed by atoms with Gasteiger partial charge in [-0.05, 0) is 59.4 Å². The molecule has 0 aliphatic carbocycles. The Labute approximate surface area is 210 Å². The number of benzene rings is 2. The van der Waals surface area contributed by atoms with E-state index in [9.17, 15) is 26.3 Å². The molecule has 0 amide bonds. The summed E-state index contributed by atoms with van der Waals surface area (Å²) in [5.74, 6) is 0.290. The van der Waals surface area contributed by atoms with Crippen molar-refractivity contribution in [2.45, 2.75) is 42.8 Å². The van der Waals surface area contributed by atoms with E-state index in [0.717, 1.165) is 24.3 Å². The van der Waals surface area contributed by atoms with E-state index >= 15 is 0 Å². The lowest BCUT2D eigenvalue weighted by Crippen LogP contribution is -2.55. The van der Waals surface area contributed by atoms with E-state index in [1.54, 1.807) is 0 Å². The summed E-state index contributed by atoms with van der Waals surface area (Å²) in [4.78, 5) is 0. The van der Waals surface area contributed by atoms with Gasteiger partial charge in [0.25, 0.3) is 0 Å². The molecule has 4 nitrogen and oxygen atoms in total. The zero-order valence-electron chi connectivity index (χ0n) is 19.8. The first-order valence-corrected chi connectivity index (χ1v) is 11.6. The molecule has 2 atom stereocenters. The maximum atomic E-state index is 14.9. The quantitative estimate of drug-likeness (QED) is 0.190. The number of alkyl halides is 6. The first-order chi connectivity index (χ1) is 17.5. The topological polar surface area (TPSA) is 43.5 Å². The van der Waals surface area contributed by atoms with E-state index in [1.165, 1.54) is 24.3 Å². The molecule has 10 heteroatoms. The van der Waals surface area contributed by atoms with Crippen LogP contribution in [0.15, 0.2) is 61.7 Å². The summed E-state index contributed by atoms with van der Waals surface area (Å²) in [6.45, 7) is 8.32. The summed E-state index contributed by atoms with van der Waals surface area (Å²) in [6.07, 6.45) is -9.73. The predicted molar refractivity (Wildman–Crippen MR) is 124 cm³/mol. The molecule has 200 valence electrons. The molecule has 0 spiro atoms. The second-order valence-electron chi connectivity index (χ2n) is 8.90. The molecular formula is C27H26F6O4. The fourth-order valence-electron chi connectivity index (χ4n) is 4.32. The Morgan fingerprint density at radius 1 is 0.730 bits per heavy atom. The molecule has 2 aromatic carbocycles. The molecule has 0 N–H and O–H groups in total. The number of ether oxygens (including phenoxy) is 4. The van der Waals surface area contributed by atoms with Crippen LogP contribution >= 0.6 is 0 Å². The number of allylic oxidation sites excluding steroid dienone is 2. The Morgan fingerprint density at radius 2 is 1.11 bits per heavy atom. The molecule has 0 aromatic heterocycles. The Hall–Kier alpha value is -2.98. The number of rotatable bonds is 12. The summed E-state index contributed by atoms with van der Waals surface area (Å²) in [5.41, 5.74) is -6.60. The van der Waals surface area contributed by atoms with Crippen molar-refractivity contribution in [2.24, 2.45) is 0 Å². The van der Waals surface area contributed by atoms with Crippen molar-refractivity contribution >= 4 is 0 Å². The molecule has 2 heterocycles. The highest BCUT2D eigenvalue weighted by Gasteiger charge is 2.73. The number of hydrogen-bond acceptors (Lipinski definition) is 4. The molecule has 2 saturated heterocycles. The van der Waals surface area contributed by atoms with Crippen molar-refractivity contribution in [3.63, 3.8) is 0 Å². The first kappa shape index (κ1) is 27.1. The van der Waals surface area contributed by atoms with Gasteiger partial charge in [-0.1, -0.05) is 24.3 Å². The van der Waals surface area contributed by atoms with Gasteiger partial charge in [0.15, 0.2) is 0 Å². The van der Waals surface area contributed by atoms with Gasteiger partial charge in [0.05, 0.1) is 13.2 Å². The zero-order chi connectivity index (χ0) is 26.8. The van der Waals surface area contributed by atoms with E-state index in [-0.39, 0.29) is 60.9 Å². The third-order valence-corrected chi connectivity index (χ3v) is 6.22. The van der Waals surface area contributed by atoms with E-state index in [2.05, 4.69) is 13.2 Å². The average molecular weight is 528 g/mol. The maximum absolute atomic E-state index is 14.9. The lowest BCUT2D eigenvalue weighted by atomic mass is 9.69. The fraction of sp³-hybridized carbons (Fsp3) is 0.407. The second kappa shape index (κ2) is 10.4. The minimum absolute atomic E-state index is 0.138. The normalized spacial score (nSPS) is 19.3. The lowest BCUT2D eigenvalue weighted by molar-refractivity contribution is -0.289. The second-order valence-corrected chi connectivity index (χ2v) is 8.90. The molecule has 2 aromatic rings. The van der Waals surface area contributed by atoms with Crippen molar-refractivity contribution in [1.29, 1.82) is 0 Å². The van der Waals surface area contributed by atoms with Crippen molar-refractivity contribution in [3.8, 4) is 11.5 Å². The molecule has 37 heavy (non-hydrogen) atoms. The third kappa shape index (κ3) is 5.65. The largest absolute Gasteiger partial charge is 0.491 e. The Balaban J connectivity index is 1.90. The van der Waals surface area contributed by atoms with Gasteiger partial charge < -0.3 is 18.9 Å². The van der Waals surface area contributed by atoms with Crippen LogP contribution in [-0.2, 0) is 27.7 Å². The van der Waals surface area contributed by atoms with Crippen LogP contribution in [0.5, 0.6) is 11.5 Å². The smallest absolute Gasteiger partial charge is 0.411 e. The van der Waals surface area contributed by atoms with Crippen LogP contribution in [0.25, 0.3) is 0 Å². The maximum Gasteiger partial charge on any atom is 0.411 e. The Morgan fingerprint density at radius 3 is 1.41 bits per heavy atom. The van der Waals surface area contributed by atoms with E-state index in [0.29, 0.717) is 13.2 Å². The molecule has 0 saturated carbocycles. The van der Waals surface area contributed by atoms with Crippen LogP contribution in [0.3, 0.4) is 0 Å². The molecule has 2 fully saturated rings. The summed E-state index contributed by atoms with van der Waals surface area (Å²) < 4.78 is 111. The fourth-order valence-corrected chi connectivity index (χ4v) is 4.32. The number of halogens is 6. The van der Waals surface area contributed by atoms with Crippen LogP contribution in [0, 0.1) is 0 Å². The predicted octanol–water partition coefficient (Wildman–Crippen LogP) is 6.11. The molecule has 2 unspecified atom stereocenters. The van der Waals surface area contributed by atoms with Gasteiger partial charge in [0, 0.05) is 0 Å². The van der Waals surface area contributed by atoms with Crippen LogP contribution in [0.4, 0.5) is 26.3 Å². The molecule has 2 aliphatic heterocycles. The van der Waals surface area contributed by atoms with Crippen LogP contribution in [0.2, 0.25) is 0 Å². The SMILES string of the molecule is C=CCc1cc(OCC2CO2)ccc1C(c1ccc(OCC2CO2)cc1CC=C)(C(F)(F)F)C(F)(F)F. The average Bonchev–Trinajstić information content (AvgIpc) is 3.73. The lowest BCUT2D eigenvalue weighted by Gasteiger charge is -2.40. The van der Waals surface area contributed by atoms with Gasteiger partial charge in [0.1, 0.15) is 36.9 Å². The van der Waals surface area contributed by atoms with Gasteiger partial charge >= 0.3 is 12.4 Å². The van der Waals surface area contributed by atoms with Crippen LogP contribution < -0.4 is 9.47 Å². The van der Waals surface area contributed by atoms with Gasteiger partial charge in [-0.2, -0.15) is 26.3 Å². The highest BCUT2D eigenvalue weighted by molar-refractivity contribution is 5.54. The standard InChI is InChI=1S/C27H26F6O4/c1-3-5-17-11-19(34-13-21-15-36-21)7-9-23(17)25(26(28,29)30,27(31,32)33)24-10-8-20(12-18(24)6-4-2)35-14-22-16-37-22/h3-4,7-12,21-22H,1-2,5-6,13-16H2. The summed E-state index contributed by atoms with van der Waals surface area (Å²) in [7, 11) is 0. The molecule has 4 rings (SSSR count). The van der Waals surface area contributed by atoms with Crippen molar-refractivity contribution in [1.82, 2.24) is 0 Å². The van der Waals surface area contributed by atoms with Gasteiger partial charge in [-0.15, -0.1) is 13.2 Å². The third-order valence-electron chi connectivity index (χ3n) is 6.22. The molecule has 0 bridgehead atoms. The highest BCUT2D eigenvalue weighted by atomic mass is 19.4. The summed E-state index contributed by atoms with van der Waals surface area (Å²) in [6, 6.07) is 6.33. The van der Waals surface area contributed by atoms with Crippen molar-refractivity contribution in [2.75, 3.05) is 26.4 Å². The monoisotopic (exact) mass is 528 g/mol. The summed E-state index contributed by atoms with van der Waals surface area (Å²) >= 11 is 0. The van der Waals surface area contributed by atoms with E-state index < -0.39 is 28.9 Å². The Bertz CT molecular complexity index is 1040. The molecule has 2 aliphatic rings. The molecular weight excluding hydrogens is 502 g/mol. The van der Waals surface area contributed by atoms with Gasteiger partial charge in [0.2, 0.25) is 5.41 Å². The minimum atomic E-state index is -5.74. The van der Waals surface area contributed by atoms with Crippen LogP contribution in [0.1, 0.15) is 22.3 Å². The number of epoxide rings is 2. The number of hydrogen-bond donors (Lipinski definition) is 0. The van der Waals surface area contributed by atoms with Gasteiger partial charge in [-0.3, -0.25) is 0 Å². The summed E-state index contributed by atoms with van der Waals surface area (Å²) in [5, 5.41) is 0. The first-order valence-electron chi connectivity index (χ1n) is 11.6. The van der Waals surface area contributed by atoms with E-state index in [1.807, 2.05) is 0 Å². The highest BCUT2D eigenvalue weighted by Crippen LogP contribution is 2.58. The van der Waals surface area contributed by atoms with Crippen LogP contribution in [-0.4, -0.2) is 51.0 Å². The molecule has 0 radical (unpaired) electrons.